The minimum atomic E-state index is -3.94. The molecule has 3 rings (SSSR count). The van der Waals surface area contributed by atoms with Crippen LogP contribution in [-0.4, -0.2) is 44.9 Å². The summed E-state index contributed by atoms with van der Waals surface area (Å²) in [4.78, 5) is 14.3. The highest BCUT2D eigenvalue weighted by Gasteiger charge is 2.24. The molecule has 1 amide bonds. The van der Waals surface area contributed by atoms with E-state index in [9.17, 15) is 17.6 Å². The summed E-state index contributed by atoms with van der Waals surface area (Å²) in [6.45, 7) is 4.02. The Kier molecular flexibility index (Phi) is 5.24. The fraction of sp³-hybridized carbons (Fsp3) is 0.278. The largest absolute Gasteiger partial charge is 0.333 e. The van der Waals surface area contributed by atoms with Crippen LogP contribution in [0, 0.1) is 5.82 Å². The van der Waals surface area contributed by atoms with Gasteiger partial charge in [0.25, 0.3) is 15.9 Å². The van der Waals surface area contributed by atoms with Crippen LogP contribution in [0.1, 0.15) is 17.3 Å². The monoisotopic (exact) mass is 377 g/mol. The molecule has 2 aromatic rings. The molecule has 8 heteroatoms. The lowest BCUT2D eigenvalue weighted by atomic mass is 10.1. The van der Waals surface area contributed by atoms with Crippen LogP contribution in [0.25, 0.3) is 0 Å². The second-order valence-electron chi connectivity index (χ2n) is 6.16. The van der Waals surface area contributed by atoms with E-state index < -0.39 is 15.8 Å². The first kappa shape index (κ1) is 18.3. The number of benzene rings is 2. The quantitative estimate of drug-likeness (QED) is 0.855. The number of hydrogen-bond donors (Lipinski definition) is 2. The Morgan fingerprint density at radius 1 is 1.19 bits per heavy atom. The molecule has 0 bridgehead atoms. The average Bonchev–Trinajstić information content (AvgIpc) is 2.63. The predicted molar refractivity (Wildman–Crippen MR) is 97.0 cm³/mol. The first-order valence-corrected chi connectivity index (χ1v) is 9.76. The number of nitrogens with one attached hydrogen (secondary N) is 2. The van der Waals surface area contributed by atoms with Crippen LogP contribution in [-0.2, 0) is 10.0 Å². The van der Waals surface area contributed by atoms with Crippen molar-refractivity contribution in [3.63, 3.8) is 0 Å². The standard InChI is InChI=1S/C18H20FN3O3S/c1-13-12-20-10-11-22(13)18(23)14-6-8-15(9-7-14)26(24,25)21-17-5-3-2-4-16(17)19/h2-9,13,20-21H,10-12H2,1H3. The van der Waals surface area contributed by atoms with Crippen molar-refractivity contribution in [2.24, 2.45) is 0 Å². The van der Waals surface area contributed by atoms with Gasteiger partial charge in [0.05, 0.1) is 10.6 Å². The molecule has 1 heterocycles. The van der Waals surface area contributed by atoms with Gasteiger partial charge >= 0.3 is 0 Å². The third-order valence-electron chi connectivity index (χ3n) is 4.29. The third-order valence-corrected chi connectivity index (χ3v) is 5.67. The normalized spacial score (nSPS) is 17.8. The Hall–Kier alpha value is -2.45. The highest BCUT2D eigenvalue weighted by Crippen LogP contribution is 2.20. The van der Waals surface area contributed by atoms with Gasteiger partial charge in [-0.2, -0.15) is 0 Å². The minimum absolute atomic E-state index is 0.0364. The molecule has 0 aliphatic carbocycles. The van der Waals surface area contributed by atoms with Gasteiger partial charge in [-0.15, -0.1) is 0 Å². The van der Waals surface area contributed by atoms with E-state index >= 15 is 0 Å². The van der Waals surface area contributed by atoms with Gasteiger partial charge in [0.2, 0.25) is 0 Å². The lowest BCUT2D eigenvalue weighted by Gasteiger charge is -2.34. The highest BCUT2D eigenvalue weighted by molar-refractivity contribution is 7.92. The van der Waals surface area contributed by atoms with Crippen molar-refractivity contribution >= 4 is 21.6 Å². The zero-order valence-corrected chi connectivity index (χ0v) is 15.1. The molecule has 26 heavy (non-hydrogen) atoms. The maximum Gasteiger partial charge on any atom is 0.261 e. The van der Waals surface area contributed by atoms with Gasteiger partial charge < -0.3 is 10.2 Å². The molecule has 1 aliphatic rings. The van der Waals surface area contributed by atoms with Crippen LogP contribution in [0.15, 0.2) is 53.4 Å². The van der Waals surface area contributed by atoms with Gasteiger partial charge in [-0.25, -0.2) is 12.8 Å². The number of carbonyl (C=O) groups is 1. The van der Waals surface area contributed by atoms with E-state index in [1.54, 1.807) is 4.90 Å². The Labute approximate surface area is 152 Å². The number of rotatable bonds is 4. The molecule has 0 spiro atoms. The molecule has 0 radical (unpaired) electrons. The van der Waals surface area contributed by atoms with Gasteiger partial charge in [-0.3, -0.25) is 9.52 Å². The van der Waals surface area contributed by atoms with E-state index in [2.05, 4.69) is 10.0 Å². The van der Waals surface area contributed by atoms with Crippen molar-refractivity contribution in [3.05, 3.63) is 59.9 Å². The van der Waals surface area contributed by atoms with Crippen molar-refractivity contribution in [2.75, 3.05) is 24.4 Å². The molecule has 1 aliphatic heterocycles. The summed E-state index contributed by atoms with van der Waals surface area (Å²) in [7, 11) is -3.94. The molecular weight excluding hydrogens is 357 g/mol. The van der Waals surface area contributed by atoms with Gasteiger partial charge in [0, 0.05) is 31.2 Å². The average molecular weight is 377 g/mol. The lowest BCUT2D eigenvalue weighted by Crippen LogP contribution is -2.52. The second kappa shape index (κ2) is 7.43. The number of anilines is 1. The highest BCUT2D eigenvalue weighted by atomic mass is 32.2. The SMILES string of the molecule is CC1CNCCN1C(=O)c1ccc(S(=O)(=O)Nc2ccccc2F)cc1. The molecular formula is C18H20FN3O3S. The summed E-state index contributed by atoms with van der Waals surface area (Å²) in [5.41, 5.74) is 0.297. The zero-order valence-electron chi connectivity index (χ0n) is 14.3. The molecule has 0 saturated carbocycles. The lowest BCUT2D eigenvalue weighted by molar-refractivity contribution is 0.0655. The van der Waals surface area contributed by atoms with Crippen molar-refractivity contribution in [1.29, 1.82) is 0 Å². The van der Waals surface area contributed by atoms with E-state index in [4.69, 9.17) is 0 Å². The van der Waals surface area contributed by atoms with E-state index in [0.717, 1.165) is 13.1 Å². The van der Waals surface area contributed by atoms with E-state index in [0.29, 0.717) is 12.1 Å². The third kappa shape index (κ3) is 3.86. The van der Waals surface area contributed by atoms with Crippen LogP contribution >= 0.6 is 0 Å². The smallest absolute Gasteiger partial charge is 0.261 e. The number of halogens is 1. The predicted octanol–water partition coefficient (Wildman–Crippen LogP) is 2.06. The molecule has 1 saturated heterocycles. The maximum absolute atomic E-state index is 13.7. The van der Waals surface area contributed by atoms with Crippen molar-refractivity contribution in [2.45, 2.75) is 17.9 Å². The number of nitrogens with zero attached hydrogens (tertiary/aromatic N) is 1. The first-order valence-electron chi connectivity index (χ1n) is 8.27. The molecule has 2 aromatic carbocycles. The Morgan fingerprint density at radius 2 is 1.88 bits per heavy atom. The maximum atomic E-state index is 13.7. The summed E-state index contributed by atoms with van der Waals surface area (Å²) < 4.78 is 40.7. The molecule has 6 nitrogen and oxygen atoms in total. The van der Waals surface area contributed by atoms with Crippen molar-refractivity contribution in [3.8, 4) is 0 Å². The molecule has 1 fully saturated rings. The number of piperazine rings is 1. The van der Waals surface area contributed by atoms with E-state index in [1.807, 2.05) is 6.92 Å². The molecule has 1 unspecified atom stereocenters. The van der Waals surface area contributed by atoms with E-state index in [-0.39, 0.29) is 22.5 Å². The fourth-order valence-corrected chi connectivity index (χ4v) is 3.90. The van der Waals surface area contributed by atoms with Crippen LogP contribution in [0.4, 0.5) is 10.1 Å². The summed E-state index contributed by atoms with van der Waals surface area (Å²) >= 11 is 0. The van der Waals surface area contributed by atoms with Gasteiger partial charge in [0.15, 0.2) is 0 Å². The Balaban J connectivity index is 1.78. The molecule has 138 valence electrons. The van der Waals surface area contributed by atoms with Crippen molar-refractivity contribution < 1.29 is 17.6 Å². The Bertz CT molecular complexity index is 900. The summed E-state index contributed by atoms with van der Waals surface area (Å²) in [5, 5.41) is 3.22. The molecule has 0 aromatic heterocycles. The van der Waals surface area contributed by atoms with Gasteiger partial charge in [-0.05, 0) is 43.3 Å². The second-order valence-corrected chi connectivity index (χ2v) is 7.84. The van der Waals surface area contributed by atoms with E-state index in [1.165, 1.54) is 48.5 Å². The van der Waals surface area contributed by atoms with Gasteiger partial charge in [0.1, 0.15) is 5.82 Å². The number of hydrogen-bond acceptors (Lipinski definition) is 4. The first-order chi connectivity index (χ1) is 12.4. The molecule has 1 atom stereocenters. The summed E-state index contributed by atoms with van der Waals surface area (Å²) in [6, 6.07) is 11.3. The fourth-order valence-electron chi connectivity index (χ4n) is 2.83. The topological polar surface area (TPSA) is 78.5 Å². The van der Waals surface area contributed by atoms with Crippen molar-refractivity contribution in [1.82, 2.24) is 10.2 Å². The summed E-state index contributed by atoms with van der Waals surface area (Å²) in [5.74, 6) is -0.791. The minimum Gasteiger partial charge on any atom is -0.333 e. The number of amides is 1. The molecule has 2 N–H and O–H groups in total. The number of sulfonamides is 1. The number of para-hydroxylation sites is 1. The van der Waals surface area contributed by atoms with Gasteiger partial charge in [-0.1, -0.05) is 12.1 Å². The zero-order chi connectivity index (χ0) is 18.7. The van der Waals surface area contributed by atoms with Crippen LogP contribution in [0.2, 0.25) is 0 Å². The summed E-state index contributed by atoms with van der Waals surface area (Å²) in [6.07, 6.45) is 0. The van der Waals surface area contributed by atoms with Crippen LogP contribution < -0.4 is 10.0 Å². The Morgan fingerprint density at radius 3 is 2.54 bits per heavy atom. The van der Waals surface area contributed by atoms with Crippen LogP contribution in [0.3, 0.4) is 0 Å². The van der Waals surface area contributed by atoms with Crippen LogP contribution in [0.5, 0.6) is 0 Å². The number of carbonyl (C=O) groups excluding carboxylic acids is 1.